The smallest absolute Gasteiger partial charge is 0.303 e. The highest BCUT2D eigenvalue weighted by Gasteiger charge is 2.34. The molecule has 3 aromatic rings. The number of nitrogens with two attached hydrogens (primary N) is 1. The molecular weight excluding hydrogens is 438 g/mol. The van der Waals surface area contributed by atoms with E-state index < -0.39 is 11.4 Å². The molecule has 0 spiro atoms. The van der Waals surface area contributed by atoms with Crippen molar-refractivity contribution in [1.29, 1.82) is 0 Å². The Kier molecular flexibility index (Phi) is 6.98. The van der Waals surface area contributed by atoms with E-state index in [0.717, 1.165) is 28.5 Å². The fourth-order valence-electron chi connectivity index (χ4n) is 4.00. The molecule has 3 N–H and O–H groups in total. The number of aromatic nitrogens is 2. The number of hydrogen-bond donors (Lipinski definition) is 2. The first-order valence-corrected chi connectivity index (χ1v) is 10.8. The zero-order valence-corrected chi connectivity index (χ0v) is 19.6. The number of nitrogen functional groups attached to an aromatic ring is 1. The van der Waals surface area contributed by atoms with Crippen LogP contribution < -0.4 is 5.73 Å². The Hall–Kier alpha value is -3.51. The zero-order chi connectivity index (χ0) is 24.3. The molecule has 0 fully saturated rings. The molecule has 7 heteroatoms. The number of aryl methyl sites for hydroxylation is 3. The average Bonchev–Trinajstić information content (AvgIpc) is 2.77. The summed E-state index contributed by atoms with van der Waals surface area (Å²) in [6.07, 6.45) is 1.29. The predicted molar refractivity (Wildman–Crippen MR) is 130 cm³/mol. The van der Waals surface area contributed by atoms with Gasteiger partial charge >= 0.3 is 5.97 Å². The van der Waals surface area contributed by atoms with Crippen LogP contribution in [0.1, 0.15) is 52.7 Å². The van der Waals surface area contributed by atoms with Crippen LogP contribution in [0.3, 0.4) is 0 Å². The number of anilines is 1. The summed E-state index contributed by atoms with van der Waals surface area (Å²) < 4.78 is 0. The maximum Gasteiger partial charge on any atom is 0.303 e. The van der Waals surface area contributed by atoms with Crippen LogP contribution in [0.5, 0.6) is 0 Å². The van der Waals surface area contributed by atoms with Crippen molar-refractivity contribution in [2.75, 3.05) is 5.73 Å². The summed E-state index contributed by atoms with van der Waals surface area (Å²) in [5, 5.41) is 9.51. The third-order valence-electron chi connectivity index (χ3n) is 5.84. The number of carboxylic acid groups (broad SMARTS) is 1. The maximum absolute atomic E-state index is 12.3. The fourth-order valence-corrected chi connectivity index (χ4v) is 4.22. The summed E-state index contributed by atoms with van der Waals surface area (Å²) >= 11 is 6.06. The van der Waals surface area contributed by atoms with E-state index in [1.54, 1.807) is 19.9 Å². The topological polar surface area (TPSA) is 106 Å². The molecule has 0 saturated carbocycles. The van der Waals surface area contributed by atoms with Gasteiger partial charge in [-0.1, -0.05) is 48.5 Å². The molecule has 0 saturated heterocycles. The van der Waals surface area contributed by atoms with Crippen molar-refractivity contribution < 1.29 is 14.7 Å². The normalized spacial score (nSPS) is 12.7. The van der Waals surface area contributed by atoms with E-state index >= 15 is 0 Å². The summed E-state index contributed by atoms with van der Waals surface area (Å²) in [5.41, 5.74) is 10.4. The van der Waals surface area contributed by atoms with Gasteiger partial charge in [0.05, 0.1) is 5.41 Å². The Labute approximate surface area is 198 Å². The molecule has 0 aliphatic rings. The number of aliphatic carboxylic acids is 1. The first-order valence-electron chi connectivity index (χ1n) is 10.4. The van der Waals surface area contributed by atoms with Crippen LogP contribution in [0, 0.1) is 13.8 Å². The number of carboxylic acids is 1. The van der Waals surface area contributed by atoms with Crippen LogP contribution in [-0.2, 0) is 21.4 Å². The van der Waals surface area contributed by atoms with Crippen molar-refractivity contribution >= 4 is 35.2 Å². The van der Waals surface area contributed by atoms with E-state index in [1.807, 2.05) is 43.3 Å². The van der Waals surface area contributed by atoms with Gasteiger partial charge in [-0.05, 0) is 61.6 Å². The first kappa shape index (κ1) is 24.1. The number of carbonyl (C=O) groups is 2. The molecule has 0 bridgehead atoms. The van der Waals surface area contributed by atoms with Crippen molar-refractivity contribution in [2.45, 2.75) is 39.0 Å². The number of benzene rings is 2. The van der Waals surface area contributed by atoms with Crippen molar-refractivity contribution in [1.82, 2.24) is 9.97 Å². The number of carbonyl (C=O) groups excluding carboxylic acids is 1. The van der Waals surface area contributed by atoms with Gasteiger partial charge in [-0.2, -0.15) is 0 Å². The van der Waals surface area contributed by atoms with Crippen LogP contribution in [0.4, 0.5) is 5.82 Å². The predicted octanol–water partition coefficient (Wildman–Crippen LogP) is 4.91. The summed E-state index contributed by atoms with van der Waals surface area (Å²) in [6.45, 7) is 9.64. The van der Waals surface area contributed by atoms with Crippen LogP contribution in [0.25, 0.3) is 5.57 Å². The lowest BCUT2D eigenvalue weighted by atomic mass is 9.76. The zero-order valence-electron chi connectivity index (χ0n) is 18.9. The van der Waals surface area contributed by atoms with Gasteiger partial charge < -0.3 is 15.6 Å². The van der Waals surface area contributed by atoms with E-state index in [0.29, 0.717) is 34.1 Å². The van der Waals surface area contributed by atoms with Crippen LogP contribution in [0.15, 0.2) is 49.0 Å². The highest BCUT2D eigenvalue weighted by Crippen LogP contribution is 2.36. The Morgan fingerprint density at radius 2 is 1.85 bits per heavy atom. The van der Waals surface area contributed by atoms with Crippen LogP contribution in [-0.4, -0.2) is 27.3 Å². The minimum Gasteiger partial charge on any atom is -0.481 e. The van der Waals surface area contributed by atoms with E-state index in [2.05, 4.69) is 16.5 Å². The average molecular weight is 464 g/mol. The maximum atomic E-state index is 12.3. The van der Waals surface area contributed by atoms with Gasteiger partial charge in [-0.25, -0.2) is 9.97 Å². The highest BCUT2D eigenvalue weighted by molar-refractivity contribution is 6.30. The minimum atomic E-state index is -1.07. The molecule has 2 aromatic carbocycles. The van der Waals surface area contributed by atoms with Crippen molar-refractivity contribution in [2.24, 2.45) is 0 Å². The quantitative estimate of drug-likeness (QED) is 0.459. The van der Waals surface area contributed by atoms with Gasteiger partial charge in [0, 0.05) is 28.3 Å². The monoisotopic (exact) mass is 463 g/mol. The second-order valence-electron chi connectivity index (χ2n) is 8.24. The van der Waals surface area contributed by atoms with Crippen LogP contribution >= 0.6 is 11.6 Å². The third kappa shape index (κ3) is 4.96. The SMILES string of the molecule is C=C(c1nc(C)c([C@@](C)(C=O)c2ccc(CCC(=O)O)cc2)c(N)n1)c1ccc(Cl)cc1C. The number of halogens is 1. The van der Waals surface area contributed by atoms with Gasteiger partial charge in [0.2, 0.25) is 0 Å². The summed E-state index contributed by atoms with van der Waals surface area (Å²) in [7, 11) is 0. The molecule has 1 atom stereocenters. The lowest BCUT2D eigenvalue weighted by Crippen LogP contribution is -2.29. The Bertz CT molecular complexity index is 1220. The van der Waals surface area contributed by atoms with Crippen molar-refractivity contribution in [3.05, 3.63) is 93.4 Å². The summed E-state index contributed by atoms with van der Waals surface area (Å²) in [6, 6.07) is 12.8. The van der Waals surface area contributed by atoms with E-state index in [-0.39, 0.29) is 12.2 Å². The lowest BCUT2D eigenvalue weighted by molar-refractivity contribution is -0.137. The first-order chi connectivity index (χ1) is 15.6. The van der Waals surface area contributed by atoms with Gasteiger partial charge in [0.25, 0.3) is 0 Å². The fraction of sp³-hybridized carbons (Fsp3) is 0.231. The van der Waals surface area contributed by atoms with Gasteiger partial charge in [0.15, 0.2) is 5.82 Å². The number of rotatable bonds is 8. The Morgan fingerprint density at radius 3 is 2.39 bits per heavy atom. The number of nitrogens with zero attached hydrogens (tertiary/aromatic N) is 2. The van der Waals surface area contributed by atoms with Crippen molar-refractivity contribution in [3.63, 3.8) is 0 Å². The van der Waals surface area contributed by atoms with Gasteiger partial charge in [-0.3, -0.25) is 4.79 Å². The summed E-state index contributed by atoms with van der Waals surface area (Å²) in [5.74, 6) is -0.265. The molecule has 33 heavy (non-hydrogen) atoms. The molecule has 1 aromatic heterocycles. The number of hydrogen-bond acceptors (Lipinski definition) is 5. The van der Waals surface area contributed by atoms with E-state index in [9.17, 15) is 9.59 Å². The summed E-state index contributed by atoms with van der Waals surface area (Å²) in [4.78, 5) is 32.3. The molecule has 0 unspecified atom stereocenters. The van der Waals surface area contributed by atoms with E-state index in [1.165, 1.54) is 0 Å². The Morgan fingerprint density at radius 1 is 1.18 bits per heavy atom. The minimum absolute atomic E-state index is 0.0443. The highest BCUT2D eigenvalue weighted by atomic mass is 35.5. The number of aldehydes is 1. The largest absolute Gasteiger partial charge is 0.481 e. The van der Waals surface area contributed by atoms with Gasteiger partial charge in [0.1, 0.15) is 12.1 Å². The standard InChI is InChI=1S/C26H26ClN3O3/c1-15-13-20(27)10-11-21(15)16(2)25-29-17(3)23(24(28)30-25)26(4,14-31)19-8-5-18(6-9-19)7-12-22(32)33/h5-6,8-11,13-14H,2,7,12H2,1,3-4H3,(H,32,33)(H2,28,29,30)/t26-/m0/s1. The molecule has 1 heterocycles. The van der Waals surface area contributed by atoms with Gasteiger partial charge in [-0.15, -0.1) is 0 Å². The molecule has 170 valence electrons. The third-order valence-corrected chi connectivity index (χ3v) is 6.07. The van der Waals surface area contributed by atoms with Crippen molar-refractivity contribution in [3.8, 4) is 0 Å². The molecule has 3 rings (SSSR count). The second kappa shape index (κ2) is 9.55. The second-order valence-corrected chi connectivity index (χ2v) is 8.68. The molecule has 0 aliphatic heterocycles. The Balaban J connectivity index is 2.00. The molecule has 0 radical (unpaired) electrons. The van der Waals surface area contributed by atoms with Crippen LogP contribution in [0.2, 0.25) is 5.02 Å². The molecule has 0 amide bonds. The molecule has 6 nitrogen and oxygen atoms in total. The lowest BCUT2D eigenvalue weighted by Gasteiger charge is -2.27. The van der Waals surface area contributed by atoms with E-state index in [4.69, 9.17) is 22.4 Å². The molecular formula is C26H26ClN3O3. The molecule has 0 aliphatic carbocycles.